The van der Waals surface area contributed by atoms with Crippen molar-refractivity contribution in [2.24, 2.45) is 7.05 Å². The molecular formula is C7H10N2O4. The van der Waals surface area contributed by atoms with E-state index in [4.69, 9.17) is 9.63 Å². The average Bonchev–Trinajstić information content (AvgIpc) is 2.43. The van der Waals surface area contributed by atoms with Crippen molar-refractivity contribution in [1.82, 2.24) is 10.1 Å². The van der Waals surface area contributed by atoms with Gasteiger partial charge in [0.15, 0.2) is 0 Å². The zero-order valence-electron chi connectivity index (χ0n) is 7.11. The third-order valence-electron chi connectivity index (χ3n) is 1.42. The Morgan fingerprint density at radius 3 is 2.92 bits per heavy atom. The summed E-state index contributed by atoms with van der Waals surface area (Å²) in [5.74, 6) is -0.562. The largest absolute Gasteiger partial charge is 0.395 e. The van der Waals surface area contributed by atoms with Gasteiger partial charge < -0.3 is 14.9 Å². The molecular weight excluding hydrogens is 176 g/mol. The molecule has 0 aromatic carbocycles. The van der Waals surface area contributed by atoms with Crippen LogP contribution in [0.5, 0.6) is 0 Å². The number of nitrogens with zero attached hydrogens (tertiary/aromatic N) is 1. The van der Waals surface area contributed by atoms with E-state index in [0.717, 1.165) is 10.8 Å². The number of aliphatic hydroxyl groups excluding tert-OH is 1. The molecule has 1 aromatic rings. The number of carbonyl (C=O) groups excluding carboxylic acids is 1. The Morgan fingerprint density at radius 2 is 2.46 bits per heavy atom. The molecule has 1 aromatic heterocycles. The van der Waals surface area contributed by atoms with E-state index in [-0.39, 0.29) is 24.5 Å². The summed E-state index contributed by atoms with van der Waals surface area (Å²) in [4.78, 5) is 22.0. The van der Waals surface area contributed by atoms with Gasteiger partial charge in [-0.15, -0.1) is 0 Å². The smallest absolute Gasteiger partial charge is 0.290 e. The highest BCUT2D eigenvalue weighted by molar-refractivity contribution is 5.91. The van der Waals surface area contributed by atoms with E-state index in [9.17, 15) is 9.59 Å². The Labute approximate surface area is 73.7 Å². The van der Waals surface area contributed by atoms with E-state index in [1.54, 1.807) is 0 Å². The number of rotatable bonds is 3. The predicted molar refractivity (Wildman–Crippen MR) is 43.4 cm³/mol. The second-order valence-corrected chi connectivity index (χ2v) is 2.42. The molecule has 0 spiro atoms. The lowest BCUT2D eigenvalue weighted by Gasteiger charge is -1.97. The van der Waals surface area contributed by atoms with Crippen LogP contribution in [0.2, 0.25) is 0 Å². The van der Waals surface area contributed by atoms with Crippen molar-refractivity contribution in [3.63, 3.8) is 0 Å². The lowest BCUT2D eigenvalue weighted by Crippen LogP contribution is -2.26. The van der Waals surface area contributed by atoms with Gasteiger partial charge in [-0.3, -0.25) is 9.59 Å². The second-order valence-electron chi connectivity index (χ2n) is 2.42. The molecule has 1 amide bonds. The first-order valence-electron chi connectivity index (χ1n) is 3.71. The summed E-state index contributed by atoms with van der Waals surface area (Å²) in [6.07, 6.45) is 0. The van der Waals surface area contributed by atoms with E-state index < -0.39 is 5.91 Å². The standard InChI is InChI=1S/C7H10N2O4/c1-9-6(11)4-5(13-9)7(12)8-2-3-10/h4,10H,2-3H2,1H3,(H,8,12). The van der Waals surface area contributed by atoms with Crippen molar-refractivity contribution < 1.29 is 14.4 Å². The van der Waals surface area contributed by atoms with Crippen LogP contribution in [0.1, 0.15) is 10.6 Å². The zero-order chi connectivity index (χ0) is 9.84. The molecule has 6 heteroatoms. The summed E-state index contributed by atoms with van der Waals surface area (Å²) in [5.41, 5.74) is -0.380. The quantitative estimate of drug-likeness (QED) is 0.614. The fraction of sp³-hybridized carbons (Fsp3) is 0.429. The van der Waals surface area contributed by atoms with Crippen LogP contribution in [-0.2, 0) is 7.05 Å². The van der Waals surface area contributed by atoms with Crippen LogP contribution in [0.4, 0.5) is 0 Å². The summed E-state index contributed by atoms with van der Waals surface area (Å²) in [6, 6.07) is 1.09. The van der Waals surface area contributed by atoms with Gasteiger partial charge in [-0.2, -0.15) is 4.74 Å². The Bertz CT molecular complexity index is 352. The van der Waals surface area contributed by atoms with Gasteiger partial charge in [0.05, 0.1) is 12.7 Å². The molecule has 6 nitrogen and oxygen atoms in total. The number of carbonyl (C=O) groups is 1. The number of nitrogens with one attached hydrogen (secondary N) is 1. The maximum absolute atomic E-state index is 11.1. The molecule has 0 saturated carbocycles. The molecule has 0 unspecified atom stereocenters. The fourth-order valence-corrected chi connectivity index (χ4v) is 0.785. The highest BCUT2D eigenvalue weighted by Crippen LogP contribution is 1.93. The third kappa shape index (κ3) is 2.19. The van der Waals surface area contributed by atoms with Crippen LogP contribution in [0.15, 0.2) is 15.4 Å². The minimum Gasteiger partial charge on any atom is -0.395 e. The van der Waals surface area contributed by atoms with Crippen molar-refractivity contribution in [3.8, 4) is 0 Å². The highest BCUT2D eigenvalue weighted by atomic mass is 16.5. The van der Waals surface area contributed by atoms with E-state index in [1.807, 2.05) is 0 Å². The topological polar surface area (TPSA) is 84.5 Å². The third-order valence-corrected chi connectivity index (χ3v) is 1.42. The van der Waals surface area contributed by atoms with Gasteiger partial charge in [0.2, 0.25) is 5.76 Å². The van der Waals surface area contributed by atoms with Crippen molar-refractivity contribution in [2.45, 2.75) is 0 Å². The SMILES string of the molecule is Cn1oc(C(=O)NCCO)cc1=O. The van der Waals surface area contributed by atoms with Gasteiger partial charge >= 0.3 is 0 Å². The number of aromatic nitrogens is 1. The Morgan fingerprint density at radius 1 is 1.77 bits per heavy atom. The molecule has 1 heterocycles. The van der Waals surface area contributed by atoms with Crippen LogP contribution in [0, 0.1) is 0 Å². The molecule has 0 atom stereocenters. The Hall–Kier alpha value is -1.56. The maximum atomic E-state index is 11.1. The van der Waals surface area contributed by atoms with Gasteiger partial charge in [0.25, 0.3) is 11.5 Å². The summed E-state index contributed by atoms with van der Waals surface area (Å²) in [7, 11) is 1.41. The van der Waals surface area contributed by atoms with E-state index >= 15 is 0 Å². The number of amides is 1. The van der Waals surface area contributed by atoms with E-state index in [2.05, 4.69) is 5.32 Å². The number of aryl methyl sites for hydroxylation is 1. The van der Waals surface area contributed by atoms with Gasteiger partial charge in [-0.25, -0.2) is 0 Å². The average molecular weight is 186 g/mol. The molecule has 0 saturated heterocycles. The van der Waals surface area contributed by atoms with Gasteiger partial charge in [-0.05, 0) is 0 Å². The fourth-order valence-electron chi connectivity index (χ4n) is 0.785. The summed E-state index contributed by atoms with van der Waals surface area (Å²) < 4.78 is 5.74. The summed E-state index contributed by atoms with van der Waals surface area (Å²) >= 11 is 0. The zero-order valence-corrected chi connectivity index (χ0v) is 7.11. The van der Waals surface area contributed by atoms with Crippen LogP contribution in [0.25, 0.3) is 0 Å². The minimum atomic E-state index is -0.508. The molecule has 13 heavy (non-hydrogen) atoms. The van der Waals surface area contributed by atoms with Gasteiger partial charge in [0.1, 0.15) is 0 Å². The molecule has 2 N–H and O–H groups in total. The first-order chi connectivity index (χ1) is 6.15. The first kappa shape index (κ1) is 9.53. The first-order valence-corrected chi connectivity index (χ1v) is 3.71. The molecule has 0 radical (unpaired) electrons. The second kappa shape index (κ2) is 3.90. The van der Waals surface area contributed by atoms with Crippen molar-refractivity contribution in [1.29, 1.82) is 0 Å². The van der Waals surface area contributed by atoms with Gasteiger partial charge in [0, 0.05) is 13.6 Å². The Balaban J connectivity index is 2.72. The molecule has 0 fully saturated rings. The van der Waals surface area contributed by atoms with Crippen molar-refractivity contribution >= 4 is 5.91 Å². The molecule has 0 aliphatic heterocycles. The van der Waals surface area contributed by atoms with E-state index in [0.29, 0.717) is 0 Å². The molecule has 0 aliphatic carbocycles. The monoisotopic (exact) mass is 186 g/mol. The summed E-state index contributed by atoms with van der Waals surface area (Å²) in [6.45, 7) is -0.0136. The lowest BCUT2D eigenvalue weighted by molar-refractivity contribution is 0.0895. The molecule has 0 bridgehead atoms. The highest BCUT2D eigenvalue weighted by Gasteiger charge is 2.11. The number of hydrogen-bond acceptors (Lipinski definition) is 4. The molecule has 72 valence electrons. The van der Waals surface area contributed by atoms with Crippen LogP contribution < -0.4 is 10.9 Å². The van der Waals surface area contributed by atoms with Crippen molar-refractivity contribution in [2.75, 3.05) is 13.2 Å². The minimum absolute atomic E-state index is 0.0547. The summed E-state index contributed by atoms with van der Waals surface area (Å²) in [5, 5.41) is 10.8. The number of hydrogen-bond donors (Lipinski definition) is 2. The number of aliphatic hydroxyl groups is 1. The van der Waals surface area contributed by atoms with Gasteiger partial charge in [-0.1, -0.05) is 0 Å². The van der Waals surface area contributed by atoms with Crippen LogP contribution in [-0.4, -0.2) is 28.9 Å². The van der Waals surface area contributed by atoms with Crippen LogP contribution in [0.3, 0.4) is 0 Å². The maximum Gasteiger partial charge on any atom is 0.290 e. The normalized spacial score (nSPS) is 10.0. The van der Waals surface area contributed by atoms with E-state index in [1.165, 1.54) is 7.05 Å². The van der Waals surface area contributed by atoms with Crippen LogP contribution >= 0.6 is 0 Å². The molecule has 0 aliphatic rings. The van der Waals surface area contributed by atoms with Crippen molar-refractivity contribution in [3.05, 3.63) is 22.2 Å². The Kier molecular flexibility index (Phi) is 2.86. The predicted octanol–water partition coefficient (Wildman–Crippen LogP) is -1.30. The molecule has 1 rings (SSSR count). The lowest BCUT2D eigenvalue weighted by atomic mass is 10.4.